The van der Waals surface area contributed by atoms with Gasteiger partial charge in [-0.15, -0.1) is 0 Å². The quantitative estimate of drug-likeness (QED) is 0.0660. The first-order valence-corrected chi connectivity index (χ1v) is 29.5. The lowest BCUT2D eigenvalue weighted by molar-refractivity contribution is -0.295. The lowest BCUT2D eigenvalue weighted by Crippen LogP contribution is -2.60. The molecule has 1 amide bonds. The van der Waals surface area contributed by atoms with E-state index in [1.807, 2.05) is 39.8 Å². The maximum absolute atomic E-state index is 14.6. The molecular formula is C61H96N2O9P+. The van der Waals surface area contributed by atoms with Crippen LogP contribution in [0.5, 0.6) is 0 Å². The third-order valence-corrected chi connectivity index (χ3v) is 20.5. The highest BCUT2D eigenvalue weighted by molar-refractivity contribution is 7.95. The molecule has 0 radical (unpaired) electrons. The van der Waals surface area contributed by atoms with Crippen molar-refractivity contribution in [1.29, 1.82) is 0 Å². The highest BCUT2D eigenvalue weighted by atomic mass is 31.2. The topological polar surface area (TPSA) is 149 Å². The number of nitrogens with zero attached hydrogens (tertiary/aromatic N) is 2. The Bertz CT molecular complexity index is 2110. The maximum atomic E-state index is 14.6. The van der Waals surface area contributed by atoms with Crippen LogP contribution in [0.3, 0.4) is 0 Å². The van der Waals surface area contributed by atoms with Gasteiger partial charge in [0, 0.05) is 19.0 Å². The van der Waals surface area contributed by atoms with Crippen molar-refractivity contribution in [1.82, 2.24) is 9.80 Å². The molecule has 13 atom stereocenters. The lowest BCUT2D eigenvalue weighted by atomic mass is 9.79. The molecule has 12 heteroatoms. The zero-order valence-corrected chi connectivity index (χ0v) is 48.6. The summed E-state index contributed by atoms with van der Waals surface area (Å²) in [5, 5.41) is 52.4. The van der Waals surface area contributed by atoms with Crippen LogP contribution >= 0.6 is 7.26 Å². The van der Waals surface area contributed by atoms with Gasteiger partial charge in [-0.3, -0.25) is 9.59 Å². The Kier molecular flexibility index (Phi) is 21.4. The van der Waals surface area contributed by atoms with Crippen molar-refractivity contribution in [2.24, 2.45) is 17.8 Å². The normalized spacial score (nSPS) is 31.2. The Balaban J connectivity index is 1.37. The number of carbonyl (C=O) groups excluding carboxylic acids is 2. The number of unbranched alkanes of at least 4 members (excludes halogenated alkanes) is 4. The Morgan fingerprint density at radius 1 is 0.753 bits per heavy atom. The molecule has 2 heterocycles. The van der Waals surface area contributed by atoms with Gasteiger partial charge in [0.15, 0.2) is 6.29 Å². The molecule has 2 aliphatic heterocycles. The van der Waals surface area contributed by atoms with E-state index in [0.29, 0.717) is 12.8 Å². The van der Waals surface area contributed by atoms with E-state index in [1.165, 1.54) is 56.2 Å². The minimum Gasteiger partial charge on any atom is -0.459 e. The number of cyclic esters (lactones) is 1. The summed E-state index contributed by atoms with van der Waals surface area (Å²) in [6.07, 6.45) is 1.51. The van der Waals surface area contributed by atoms with Crippen LogP contribution in [-0.2, 0) is 23.8 Å². The summed E-state index contributed by atoms with van der Waals surface area (Å²) in [7, 11) is 1.73. The molecule has 4 N–H and O–H groups in total. The van der Waals surface area contributed by atoms with Gasteiger partial charge in [0.25, 0.3) is 0 Å². The number of likely N-dealkylation sites (N-methyl/N-ethyl adjacent to an activating group) is 1. The average Bonchev–Trinajstić information content (AvgIpc) is 3.28. The van der Waals surface area contributed by atoms with Crippen LogP contribution in [0.2, 0.25) is 0 Å². The summed E-state index contributed by atoms with van der Waals surface area (Å²) < 4.78 is 18.9. The molecule has 11 nitrogen and oxygen atoms in total. The Morgan fingerprint density at radius 2 is 1.23 bits per heavy atom. The second kappa shape index (κ2) is 25.7. The largest absolute Gasteiger partial charge is 0.459 e. The van der Waals surface area contributed by atoms with Crippen molar-refractivity contribution in [2.45, 2.75) is 221 Å². The zero-order chi connectivity index (χ0) is 54.3. The molecule has 73 heavy (non-hydrogen) atoms. The van der Waals surface area contributed by atoms with Crippen molar-refractivity contribution < 1.29 is 44.2 Å². The van der Waals surface area contributed by atoms with Crippen LogP contribution < -0.4 is 15.9 Å². The first-order chi connectivity index (χ1) is 34.1. The van der Waals surface area contributed by atoms with Gasteiger partial charge in [0.2, 0.25) is 5.91 Å². The smallest absolute Gasteiger partial charge is 0.309 e. The predicted molar refractivity (Wildman–Crippen MR) is 299 cm³/mol. The van der Waals surface area contributed by atoms with E-state index in [9.17, 15) is 30.0 Å². The van der Waals surface area contributed by atoms with E-state index < -0.39 is 73.0 Å². The number of amides is 1. The van der Waals surface area contributed by atoms with E-state index in [4.69, 9.17) is 14.2 Å². The van der Waals surface area contributed by atoms with Crippen LogP contribution in [0.25, 0.3) is 0 Å². The van der Waals surface area contributed by atoms with Crippen molar-refractivity contribution in [3.05, 3.63) is 88.0 Å². The molecule has 0 spiro atoms. The molecular weight excluding hydrogens is 936 g/mol. The molecule has 3 aromatic rings. The lowest BCUT2D eigenvalue weighted by Gasteiger charge is -2.46. The molecule has 5 rings (SSSR count). The fraction of sp³-hybridized carbons (Fsp3) is 0.672. The van der Waals surface area contributed by atoms with Gasteiger partial charge in [0.05, 0.1) is 35.9 Å². The number of aryl methyl sites for hydroxylation is 6. The summed E-state index contributed by atoms with van der Waals surface area (Å²) in [6.45, 7) is 27.8. The molecule has 2 aliphatic rings. The molecule has 2 saturated heterocycles. The Hall–Kier alpha value is -3.25. The summed E-state index contributed by atoms with van der Waals surface area (Å²) in [5.74, 6) is -2.05. The molecule has 0 aromatic heterocycles. The number of esters is 1. The summed E-state index contributed by atoms with van der Waals surface area (Å²) >= 11 is 0. The predicted octanol–water partition coefficient (Wildman–Crippen LogP) is 9.09. The molecule has 2 fully saturated rings. The van der Waals surface area contributed by atoms with E-state index in [2.05, 4.69) is 96.1 Å². The molecule has 3 aromatic carbocycles. The molecule has 0 saturated carbocycles. The van der Waals surface area contributed by atoms with Crippen molar-refractivity contribution >= 4 is 35.1 Å². The highest BCUT2D eigenvalue weighted by Gasteiger charge is 2.50. The van der Waals surface area contributed by atoms with Gasteiger partial charge < -0.3 is 44.4 Å². The molecule has 408 valence electrons. The van der Waals surface area contributed by atoms with Crippen LogP contribution in [0.15, 0.2) is 54.6 Å². The molecule has 0 aliphatic carbocycles. The fourth-order valence-electron chi connectivity index (χ4n) is 12.6. The van der Waals surface area contributed by atoms with E-state index in [0.717, 1.165) is 31.8 Å². The van der Waals surface area contributed by atoms with Gasteiger partial charge in [0.1, 0.15) is 47.1 Å². The average molecular weight is 1030 g/mol. The minimum absolute atomic E-state index is 0.148. The summed E-state index contributed by atoms with van der Waals surface area (Å²) in [5.41, 5.74) is 4.27. The standard InChI is InChI=1S/C61H96N2O9P/c1-17-53-61(14,69)56(66)48(12)63(37-44(8)36-60(13,68)57(45(9)34-46(10)58(67)71-53)72-59-55(65)52(62(15)16)35-47(11)70-59)54(64)23-21-19-18-20-22-24-73(49-28-38(2)25-39(3)29-49,50-30-40(4)26-41(5)31-50)51-32-42(6)27-43(7)33-51/h25-33,44-48,52-53,55-57,59,65-66,68-69H,17-24,34-37H2,1-16H3/q+1/t44-,45+,46-,47-,48-,52+,53-,55-,56-,57-,59+,60-,61-/m1/s1. The Morgan fingerprint density at radius 3 is 1.71 bits per heavy atom. The third kappa shape index (κ3) is 15.0. The summed E-state index contributed by atoms with van der Waals surface area (Å²) in [4.78, 5) is 32.0. The van der Waals surface area contributed by atoms with Gasteiger partial charge >= 0.3 is 5.97 Å². The van der Waals surface area contributed by atoms with Gasteiger partial charge in [-0.25, -0.2) is 0 Å². The molecule has 0 bridgehead atoms. The number of benzene rings is 3. The first kappa shape index (κ1) is 60.6. The number of rotatable bonds is 15. The van der Waals surface area contributed by atoms with Crippen LogP contribution in [0, 0.1) is 59.3 Å². The van der Waals surface area contributed by atoms with E-state index in [1.54, 1.807) is 32.6 Å². The number of hydrogen-bond acceptors (Lipinski definition) is 10. The van der Waals surface area contributed by atoms with Gasteiger partial charge in [-0.2, -0.15) is 0 Å². The highest BCUT2D eigenvalue weighted by Crippen LogP contribution is 2.57. The van der Waals surface area contributed by atoms with Crippen LogP contribution in [0.1, 0.15) is 153 Å². The third-order valence-electron chi connectivity index (χ3n) is 16.1. The van der Waals surface area contributed by atoms with Gasteiger partial charge in [-0.05, 0) is 210 Å². The number of aliphatic hydroxyl groups excluding tert-OH is 2. The maximum Gasteiger partial charge on any atom is 0.309 e. The van der Waals surface area contributed by atoms with Crippen molar-refractivity contribution in [3.63, 3.8) is 0 Å². The van der Waals surface area contributed by atoms with Crippen molar-refractivity contribution in [2.75, 3.05) is 26.8 Å². The fourth-order valence-corrected chi connectivity index (χ4v) is 17.5. The monoisotopic (exact) mass is 1030 g/mol. The SMILES string of the molecule is CC[C@H]1OC(=O)[C@H](C)C[C@H](C)[C@@H](O[C@@H]2O[C@H](C)C[C@H](N(C)C)[C@H]2O)[C@](C)(O)C[C@@H](C)CN(C(=O)CCCCCCC[P+](c2cc(C)cc(C)c2)(c2cc(C)cc(C)c2)c2cc(C)cc(C)c2)[C@H](C)[C@@H](O)[C@]1(C)O. The van der Waals surface area contributed by atoms with Crippen LogP contribution in [0.4, 0.5) is 0 Å². The second-order valence-corrected chi connectivity index (χ2v) is 27.4. The van der Waals surface area contributed by atoms with Gasteiger partial charge in [-0.1, -0.05) is 58.7 Å². The van der Waals surface area contributed by atoms with E-state index >= 15 is 0 Å². The number of hydrogen-bond donors (Lipinski definition) is 4. The number of ether oxygens (including phenoxy) is 3. The second-order valence-electron chi connectivity index (χ2n) is 23.8. The zero-order valence-electron chi connectivity index (χ0n) is 47.7. The van der Waals surface area contributed by atoms with E-state index in [-0.39, 0.29) is 56.2 Å². The molecule has 0 unspecified atom stereocenters. The van der Waals surface area contributed by atoms with Crippen molar-refractivity contribution in [3.8, 4) is 0 Å². The minimum atomic E-state index is -2.09. The Labute approximate surface area is 441 Å². The number of aliphatic hydroxyl groups is 4. The summed E-state index contributed by atoms with van der Waals surface area (Å²) in [6, 6.07) is 20.2. The number of carbonyl (C=O) groups is 2. The first-order valence-electron chi connectivity index (χ1n) is 27.5. The van der Waals surface area contributed by atoms with Crippen LogP contribution in [-0.4, -0.2) is 129 Å².